The van der Waals surface area contributed by atoms with Gasteiger partial charge in [0.15, 0.2) is 6.61 Å². The van der Waals surface area contributed by atoms with Crippen LogP contribution in [-0.4, -0.2) is 23.3 Å². The Hall–Kier alpha value is -1.30. The van der Waals surface area contributed by atoms with E-state index in [4.69, 9.17) is 4.74 Å². The molecule has 1 aromatic heterocycles. The Bertz CT molecular complexity index is 429. The third kappa shape index (κ3) is 7.32. The number of aromatic nitrogens is 1. The van der Waals surface area contributed by atoms with Crippen LogP contribution in [0, 0.1) is 0 Å². The van der Waals surface area contributed by atoms with Crippen LogP contribution in [0.1, 0.15) is 51.8 Å². The summed E-state index contributed by atoms with van der Waals surface area (Å²) >= 11 is 0. The van der Waals surface area contributed by atoms with Crippen molar-refractivity contribution in [2.24, 2.45) is 0 Å². The summed E-state index contributed by atoms with van der Waals surface area (Å²) in [4.78, 5) is 4.13. The van der Waals surface area contributed by atoms with E-state index in [0.717, 1.165) is 11.3 Å². The number of nitrogens with one attached hydrogen (secondary N) is 1. The van der Waals surface area contributed by atoms with Gasteiger partial charge in [-0.3, -0.25) is 0 Å². The molecule has 1 N–H and O–H groups in total. The third-order valence-corrected chi connectivity index (χ3v) is 2.68. The topological polar surface area (TPSA) is 34.1 Å². The molecule has 1 aromatic rings. The van der Waals surface area contributed by atoms with Gasteiger partial charge in [0.1, 0.15) is 0 Å². The molecule has 0 saturated carbocycles. The number of alkyl halides is 3. The summed E-state index contributed by atoms with van der Waals surface area (Å²) in [6.07, 6.45) is -4.36. The van der Waals surface area contributed by atoms with E-state index < -0.39 is 12.8 Å². The first kappa shape index (κ1) is 17.8. The standard InChI is InChI=1S/C15H23F3N2O/c1-10(2)12-6-11(8-19-14(3,4)5)7-13(20-12)21-9-15(16,17)18/h6-7,10,19H,8-9H2,1-5H3. The van der Waals surface area contributed by atoms with E-state index >= 15 is 0 Å². The fraction of sp³-hybridized carbons (Fsp3) is 0.667. The molecule has 6 heteroatoms. The lowest BCUT2D eigenvalue weighted by Crippen LogP contribution is -2.35. The van der Waals surface area contributed by atoms with Gasteiger partial charge in [-0.1, -0.05) is 13.8 Å². The van der Waals surface area contributed by atoms with Crippen LogP contribution in [0.5, 0.6) is 5.88 Å². The minimum atomic E-state index is -4.36. The largest absolute Gasteiger partial charge is 0.468 e. The second kappa shape index (κ2) is 6.64. The van der Waals surface area contributed by atoms with Gasteiger partial charge in [-0.25, -0.2) is 4.98 Å². The normalized spacial score (nSPS) is 12.8. The van der Waals surface area contributed by atoms with Gasteiger partial charge in [0.2, 0.25) is 5.88 Å². The fourth-order valence-electron chi connectivity index (χ4n) is 1.58. The predicted molar refractivity (Wildman–Crippen MR) is 76.5 cm³/mol. The van der Waals surface area contributed by atoms with Crippen LogP contribution in [0.3, 0.4) is 0 Å². The Kier molecular flexibility index (Phi) is 5.61. The maximum atomic E-state index is 12.2. The van der Waals surface area contributed by atoms with Crippen molar-refractivity contribution in [1.82, 2.24) is 10.3 Å². The van der Waals surface area contributed by atoms with Crippen molar-refractivity contribution < 1.29 is 17.9 Å². The monoisotopic (exact) mass is 304 g/mol. The number of rotatable bonds is 5. The number of pyridine rings is 1. The second-order valence-electron chi connectivity index (χ2n) is 6.40. The third-order valence-electron chi connectivity index (χ3n) is 2.68. The van der Waals surface area contributed by atoms with Crippen LogP contribution in [0.25, 0.3) is 0 Å². The van der Waals surface area contributed by atoms with Crippen molar-refractivity contribution in [3.05, 3.63) is 23.4 Å². The van der Waals surface area contributed by atoms with Gasteiger partial charge in [-0.2, -0.15) is 13.2 Å². The number of hydrogen-bond acceptors (Lipinski definition) is 3. The van der Waals surface area contributed by atoms with Crippen molar-refractivity contribution in [1.29, 1.82) is 0 Å². The van der Waals surface area contributed by atoms with Gasteiger partial charge in [-0.05, 0) is 38.3 Å². The first-order valence-corrected chi connectivity index (χ1v) is 6.92. The molecule has 120 valence electrons. The lowest BCUT2D eigenvalue weighted by molar-refractivity contribution is -0.154. The molecule has 1 heterocycles. The molecule has 21 heavy (non-hydrogen) atoms. The average molecular weight is 304 g/mol. The van der Waals surface area contributed by atoms with E-state index in [0.29, 0.717) is 6.54 Å². The molecule has 0 fully saturated rings. The van der Waals surface area contributed by atoms with Gasteiger partial charge < -0.3 is 10.1 Å². The van der Waals surface area contributed by atoms with Crippen LogP contribution >= 0.6 is 0 Å². The van der Waals surface area contributed by atoms with Crippen molar-refractivity contribution in [3.63, 3.8) is 0 Å². The summed E-state index contributed by atoms with van der Waals surface area (Å²) in [5, 5.41) is 3.30. The molecule has 0 saturated heterocycles. The molecule has 0 aliphatic rings. The van der Waals surface area contributed by atoms with Crippen molar-refractivity contribution in [2.45, 2.75) is 58.8 Å². The molecule has 0 radical (unpaired) electrons. The second-order valence-corrected chi connectivity index (χ2v) is 6.40. The van der Waals surface area contributed by atoms with Crippen molar-refractivity contribution >= 4 is 0 Å². The Balaban J connectivity index is 2.90. The summed E-state index contributed by atoms with van der Waals surface area (Å²) in [5.41, 5.74) is 1.51. The number of hydrogen-bond donors (Lipinski definition) is 1. The first-order chi connectivity index (χ1) is 9.46. The van der Waals surface area contributed by atoms with Crippen LogP contribution in [-0.2, 0) is 6.54 Å². The van der Waals surface area contributed by atoms with Crippen molar-refractivity contribution in [3.8, 4) is 5.88 Å². The van der Waals surface area contributed by atoms with Crippen LogP contribution < -0.4 is 10.1 Å². The van der Waals surface area contributed by atoms with Crippen LogP contribution in [0.15, 0.2) is 12.1 Å². The highest BCUT2D eigenvalue weighted by atomic mass is 19.4. The van der Waals surface area contributed by atoms with E-state index in [-0.39, 0.29) is 17.3 Å². The van der Waals surface area contributed by atoms with E-state index in [9.17, 15) is 13.2 Å². The summed E-state index contributed by atoms with van der Waals surface area (Å²) < 4.78 is 41.5. The summed E-state index contributed by atoms with van der Waals surface area (Å²) in [6.45, 7) is 9.19. The summed E-state index contributed by atoms with van der Waals surface area (Å²) in [5.74, 6) is 0.136. The fourth-order valence-corrected chi connectivity index (χ4v) is 1.58. The maximum Gasteiger partial charge on any atom is 0.422 e. The Labute approximate surface area is 123 Å². The van der Waals surface area contributed by atoms with E-state index in [1.807, 2.05) is 40.7 Å². The molecule has 0 aliphatic carbocycles. The first-order valence-electron chi connectivity index (χ1n) is 6.92. The van der Waals surface area contributed by atoms with E-state index in [2.05, 4.69) is 10.3 Å². The molecule has 0 atom stereocenters. The molecule has 1 rings (SSSR count). The SMILES string of the molecule is CC(C)c1cc(CNC(C)(C)C)cc(OCC(F)(F)F)n1. The summed E-state index contributed by atoms with van der Waals surface area (Å²) in [7, 11) is 0. The number of nitrogens with zero attached hydrogens (tertiary/aromatic N) is 1. The van der Waals surface area contributed by atoms with Gasteiger partial charge in [0, 0.05) is 23.8 Å². The van der Waals surface area contributed by atoms with Gasteiger partial charge in [0.05, 0.1) is 0 Å². The van der Waals surface area contributed by atoms with Gasteiger partial charge >= 0.3 is 6.18 Å². The molecule has 0 aromatic carbocycles. The minimum absolute atomic E-state index is 0.0178. The van der Waals surface area contributed by atoms with E-state index in [1.54, 1.807) is 6.07 Å². The zero-order chi connectivity index (χ0) is 16.3. The Morgan fingerprint density at radius 1 is 1.19 bits per heavy atom. The molecule has 0 spiro atoms. The lowest BCUT2D eigenvalue weighted by Gasteiger charge is -2.21. The van der Waals surface area contributed by atoms with Crippen LogP contribution in [0.4, 0.5) is 13.2 Å². The number of ether oxygens (including phenoxy) is 1. The molecule has 0 aliphatic heterocycles. The zero-order valence-corrected chi connectivity index (χ0v) is 13.1. The Morgan fingerprint density at radius 3 is 2.29 bits per heavy atom. The van der Waals surface area contributed by atoms with E-state index in [1.165, 1.54) is 0 Å². The highest BCUT2D eigenvalue weighted by Crippen LogP contribution is 2.22. The van der Waals surface area contributed by atoms with Gasteiger partial charge in [-0.15, -0.1) is 0 Å². The molecule has 0 bridgehead atoms. The quantitative estimate of drug-likeness (QED) is 0.891. The molecular formula is C15H23F3N2O. The Morgan fingerprint density at radius 2 is 1.81 bits per heavy atom. The van der Waals surface area contributed by atoms with Gasteiger partial charge in [0.25, 0.3) is 0 Å². The molecule has 0 unspecified atom stereocenters. The highest BCUT2D eigenvalue weighted by molar-refractivity contribution is 5.27. The minimum Gasteiger partial charge on any atom is -0.468 e. The van der Waals surface area contributed by atoms with Crippen LogP contribution in [0.2, 0.25) is 0 Å². The maximum absolute atomic E-state index is 12.2. The summed E-state index contributed by atoms with van der Waals surface area (Å²) in [6, 6.07) is 3.44. The molecule has 3 nitrogen and oxygen atoms in total. The lowest BCUT2D eigenvalue weighted by atomic mass is 10.1. The average Bonchev–Trinajstić information content (AvgIpc) is 2.32. The molecule has 0 amide bonds. The zero-order valence-electron chi connectivity index (χ0n) is 13.1. The smallest absolute Gasteiger partial charge is 0.422 e. The highest BCUT2D eigenvalue weighted by Gasteiger charge is 2.28. The predicted octanol–water partition coefficient (Wildman–Crippen LogP) is 4.03. The van der Waals surface area contributed by atoms with Crippen molar-refractivity contribution in [2.75, 3.05) is 6.61 Å². The molecular weight excluding hydrogens is 281 g/mol. The number of halogens is 3.